The van der Waals surface area contributed by atoms with Crippen molar-refractivity contribution in [2.24, 2.45) is 5.92 Å². The van der Waals surface area contributed by atoms with Gasteiger partial charge in [-0.05, 0) is 30.4 Å². The summed E-state index contributed by atoms with van der Waals surface area (Å²) in [6.45, 7) is 1.84. The van der Waals surface area contributed by atoms with Gasteiger partial charge in [-0.15, -0.1) is 0 Å². The normalized spacial score (nSPS) is 14.4. The third kappa shape index (κ3) is 5.04. The highest BCUT2D eigenvalue weighted by Gasteiger charge is 2.26. The van der Waals surface area contributed by atoms with Crippen LogP contribution in [0.2, 0.25) is 5.15 Å². The number of halogens is 1. The van der Waals surface area contributed by atoms with Crippen molar-refractivity contribution in [3.63, 3.8) is 0 Å². The van der Waals surface area contributed by atoms with Gasteiger partial charge in [0, 0.05) is 19.3 Å². The van der Waals surface area contributed by atoms with Crippen LogP contribution < -0.4 is 0 Å². The van der Waals surface area contributed by atoms with E-state index in [1.807, 2.05) is 6.07 Å². The SMILES string of the molecule is O=C(O)N(CCOCc1ccc(Cl)nc1)CC1CC1. The fraction of sp³-hybridized carbons (Fsp3) is 0.538. The van der Waals surface area contributed by atoms with E-state index in [2.05, 4.69) is 4.98 Å². The minimum absolute atomic E-state index is 0.391. The smallest absolute Gasteiger partial charge is 0.407 e. The summed E-state index contributed by atoms with van der Waals surface area (Å²) in [4.78, 5) is 16.4. The maximum atomic E-state index is 11.0. The second kappa shape index (κ2) is 6.73. The first kappa shape index (κ1) is 14.1. The zero-order chi connectivity index (χ0) is 13.7. The summed E-state index contributed by atoms with van der Waals surface area (Å²) in [6, 6.07) is 3.55. The van der Waals surface area contributed by atoms with Gasteiger partial charge in [0.2, 0.25) is 0 Å². The van der Waals surface area contributed by atoms with Crippen molar-refractivity contribution in [1.29, 1.82) is 0 Å². The third-order valence-electron chi connectivity index (χ3n) is 3.01. The highest BCUT2D eigenvalue weighted by molar-refractivity contribution is 6.29. The molecule has 1 aliphatic rings. The van der Waals surface area contributed by atoms with Crippen LogP contribution in [0.5, 0.6) is 0 Å². The molecule has 1 aromatic rings. The zero-order valence-corrected chi connectivity index (χ0v) is 11.3. The average Bonchev–Trinajstić information content (AvgIpc) is 3.19. The largest absolute Gasteiger partial charge is 0.465 e. The molecule has 1 fully saturated rings. The second-order valence-corrected chi connectivity index (χ2v) is 5.10. The van der Waals surface area contributed by atoms with Crippen LogP contribution in [0, 0.1) is 5.92 Å². The highest BCUT2D eigenvalue weighted by Crippen LogP contribution is 2.29. The quantitative estimate of drug-likeness (QED) is 0.617. The Balaban J connectivity index is 1.66. The van der Waals surface area contributed by atoms with E-state index in [0.717, 1.165) is 18.4 Å². The van der Waals surface area contributed by atoms with Gasteiger partial charge in [-0.25, -0.2) is 9.78 Å². The number of hydrogen-bond acceptors (Lipinski definition) is 3. The summed E-state index contributed by atoms with van der Waals surface area (Å²) in [7, 11) is 0. The Morgan fingerprint density at radius 2 is 2.32 bits per heavy atom. The van der Waals surface area contributed by atoms with Gasteiger partial charge in [0.15, 0.2) is 0 Å². The Labute approximate surface area is 117 Å². The van der Waals surface area contributed by atoms with Gasteiger partial charge in [0.1, 0.15) is 5.15 Å². The molecule has 0 saturated heterocycles. The van der Waals surface area contributed by atoms with Crippen molar-refractivity contribution < 1.29 is 14.6 Å². The lowest BCUT2D eigenvalue weighted by Crippen LogP contribution is -2.34. The van der Waals surface area contributed by atoms with Crippen molar-refractivity contribution >= 4 is 17.7 Å². The fourth-order valence-corrected chi connectivity index (χ4v) is 1.85. The van der Waals surface area contributed by atoms with Crippen LogP contribution in [0.4, 0.5) is 4.79 Å². The molecule has 0 aliphatic heterocycles. The molecule has 0 spiro atoms. The van der Waals surface area contributed by atoms with E-state index in [1.54, 1.807) is 12.3 Å². The second-order valence-electron chi connectivity index (χ2n) is 4.71. The highest BCUT2D eigenvalue weighted by atomic mass is 35.5. The number of carbonyl (C=O) groups is 1. The van der Waals surface area contributed by atoms with Gasteiger partial charge < -0.3 is 14.7 Å². The Morgan fingerprint density at radius 3 is 2.89 bits per heavy atom. The standard InChI is InChI=1S/C13H17ClN2O3/c14-12-4-3-11(7-15-12)9-19-6-5-16(13(17)18)8-10-1-2-10/h3-4,7,10H,1-2,5-6,8-9H2,(H,17,18). The van der Waals surface area contributed by atoms with Crippen LogP contribution in [0.3, 0.4) is 0 Å². The molecule has 2 rings (SSSR count). The number of rotatable bonds is 7. The van der Waals surface area contributed by atoms with E-state index in [4.69, 9.17) is 21.4 Å². The summed E-state index contributed by atoms with van der Waals surface area (Å²) >= 11 is 5.68. The van der Waals surface area contributed by atoms with Crippen LogP contribution in [-0.4, -0.2) is 40.8 Å². The molecule has 1 aromatic heterocycles. The van der Waals surface area contributed by atoms with Gasteiger partial charge in [-0.2, -0.15) is 0 Å². The molecular weight excluding hydrogens is 268 g/mol. The van der Waals surface area contributed by atoms with Gasteiger partial charge >= 0.3 is 6.09 Å². The molecule has 0 bridgehead atoms. The van der Waals surface area contributed by atoms with E-state index in [-0.39, 0.29) is 0 Å². The summed E-state index contributed by atoms with van der Waals surface area (Å²) in [5, 5.41) is 9.49. The van der Waals surface area contributed by atoms with E-state index < -0.39 is 6.09 Å². The Hall–Kier alpha value is -1.33. The van der Waals surface area contributed by atoms with Crippen molar-refractivity contribution in [3.8, 4) is 0 Å². The zero-order valence-electron chi connectivity index (χ0n) is 10.6. The minimum Gasteiger partial charge on any atom is -0.465 e. The van der Waals surface area contributed by atoms with Crippen LogP contribution >= 0.6 is 11.6 Å². The van der Waals surface area contributed by atoms with Crippen LogP contribution in [-0.2, 0) is 11.3 Å². The molecule has 1 aliphatic carbocycles. The van der Waals surface area contributed by atoms with Crippen molar-refractivity contribution in [2.75, 3.05) is 19.7 Å². The number of ether oxygens (including phenoxy) is 1. The Kier molecular flexibility index (Phi) is 4.99. The number of hydrogen-bond donors (Lipinski definition) is 1. The predicted molar refractivity (Wildman–Crippen MR) is 71.2 cm³/mol. The monoisotopic (exact) mass is 284 g/mol. The topological polar surface area (TPSA) is 62.7 Å². The summed E-state index contributed by atoms with van der Waals surface area (Å²) in [6.07, 6.45) is 3.06. The van der Waals surface area contributed by atoms with E-state index in [9.17, 15) is 4.79 Å². The minimum atomic E-state index is -0.872. The first-order chi connectivity index (χ1) is 9.15. The van der Waals surface area contributed by atoms with Crippen molar-refractivity contribution in [3.05, 3.63) is 29.0 Å². The van der Waals surface area contributed by atoms with Crippen LogP contribution in [0.25, 0.3) is 0 Å². The average molecular weight is 285 g/mol. The lowest BCUT2D eigenvalue weighted by atomic mass is 10.3. The summed E-state index contributed by atoms with van der Waals surface area (Å²) in [5.41, 5.74) is 0.925. The summed E-state index contributed by atoms with van der Waals surface area (Å²) in [5.74, 6) is 0.552. The molecule has 0 radical (unpaired) electrons. The molecule has 0 unspecified atom stereocenters. The van der Waals surface area contributed by atoms with Crippen LogP contribution in [0.1, 0.15) is 18.4 Å². The van der Waals surface area contributed by atoms with Crippen molar-refractivity contribution in [1.82, 2.24) is 9.88 Å². The summed E-state index contributed by atoms with van der Waals surface area (Å²) < 4.78 is 5.45. The Morgan fingerprint density at radius 1 is 1.53 bits per heavy atom. The van der Waals surface area contributed by atoms with Gasteiger partial charge in [-0.3, -0.25) is 0 Å². The predicted octanol–water partition coefficient (Wildman–Crippen LogP) is 2.64. The van der Waals surface area contributed by atoms with Gasteiger partial charge in [0.25, 0.3) is 0 Å². The van der Waals surface area contributed by atoms with Gasteiger partial charge in [-0.1, -0.05) is 17.7 Å². The molecule has 1 N–H and O–H groups in total. The molecule has 1 heterocycles. The molecule has 19 heavy (non-hydrogen) atoms. The lowest BCUT2D eigenvalue weighted by molar-refractivity contribution is 0.0846. The van der Waals surface area contributed by atoms with Crippen molar-refractivity contribution in [2.45, 2.75) is 19.4 Å². The molecule has 5 nitrogen and oxygen atoms in total. The number of aromatic nitrogens is 1. The molecule has 0 atom stereocenters. The molecule has 1 saturated carbocycles. The lowest BCUT2D eigenvalue weighted by Gasteiger charge is -2.18. The number of pyridine rings is 1. The van der Waals surface area contributed by atoms with E-state index in [0.29, 0.717) is 37.4 Å². The first-order valence-electron chi connectivity index (χ1n) is 6.31. The Bertz CT molecular complexity index is 420. The molecule has 6 heteroatoms. The number of carboxylic acid groups (broad SMARTS) is 1. The number of nitrogens with zero attached hydrogens (tertiary/aromatic N) is 2. The van der Waals surface area contributed by atoms with E-state index >= 15 is 0 Å². The van der Waals surface area contributed by atoms with Crippen LogP contribution in [0.15, 0.2) is 18.3 Å². The molecule has 0 aromatic carbocycles. The maximum absolute atomic E-state index is 11.0. The molecule has 1 amide bonds. The number of amides is 1. The maximum Gasteiger partial charge on any atom is 0.407 e. The van der Waals surface area contributed by atoms with E-state index in [1.165, 1.54) is 4.90 Å². The first-order valence-corrected chi connectivity index (χ1v) is 6.69. The fourth-order valence-electron chi connectivity index (χ4n) is 1.73. The molecular formula is C13H17ClN2O3. The molecule has 104 valence electrons. The third-order valence-corrected chi connectivity index (χ3v) is 3.23. The van der Waals surface area contributed by atoms with Gasteiger partial charge in [0.05, 0.1) is 13.2 Å².